The Bertz CT molecular complexity index is 397. The number of ether oxygens (including phenoxy) is 1. The van der Waals surface area contributed by atoms with Crippen molar-refractivity contribution in [3.63, 3.8) is 0 Å². The minimum Gasteiger partial charge on any atom is -0.375 e. The molecule has 1 aliphatic heterocycles. The average molecular weight is 250 g/mol. The maximum atomic E-state index is 5.58. The lowest BCUT2D eigenvalue weighted by atomic mass is 10.2. The molecule has 5 nitrogen and oxygen atoms in total. The largest absolute Gasteiger partial charge is 0.375 e. The number of hydrogen-bond acceptors (Lipinski definition) is 5. The molecule has 1 fully saturated rings. The standard InChI is InChI=1S/C13H22N4O/c1-4-11-12(14-5-2)15-9-16-13(11)17-6-7-18-10(3)8-17/h9-10H,4-8H2,1-3H3,(H,14,15,16). The molecular formula is C13H22N4O. The van der Waals surface area contributed by atoms with Crippen LogP contribution in [0.15, 0.2) is 6.33 Å². The summed E-state index contributed by atoms with van der Waals surface area (Å²) in [6, 6.07) is 0. The van der Waals surface area contributed by atoms with Gasteiger partial charge < -0.3 is 15.0 Å². The van der Waals surface area contributed by atoms with Gasteiger partial charge in [0.05, 0.1) is 12.7 Å². The van der Waals surface area contributed by atoms with Gasteiger partial charge in [-0.25, -0.2) is 9.97 Å². The second-order valence-electron chi connectivity index (χ2n) is 4.54. The predicted molar refractivity (Wildman–Crippen MR) is 73.2 cm³/mol. The number of morpholine rings is 1. The molecule has 1 aliphatic rings. The molecule has 0 radical (unpaired) electrons. The normalized spacial score (nSPS) is 19.9. The molecule has 0 spiro atoms. The molecule has 1 unspecified atom stereocenters. The lowest BCUT2D eigenvalue weighted by Gasteiger charge is -2.33. The average Bonchev–Trinajstić information content (AvgIpc) is 2.39. The van der Waals surface area contributed by atoms with Crippen LogP contribution < -0.4 is 10.2 Å². The van der Waals surface area contributed by atoms with Gasteiger partial charge in [0.2, 0.25) is 0 Å². The zero-order valence-corrected chi connectivity index (χ0v) is 11.4. The van der Waals surface area contributed by atoms with Crippen LogP contribution in [0.2, 0.25) is 0 Å². The van der Waals surface area contributed by atoms with E-state index in [9.17, 15) is 0 Å². The van der Waals surface area contributed by atoms with E-state index in [1.54, 1.807) is 6.33 Å². The van der Waals surface area contributed by atoms with Gasteiger partial charge in [-0.1, -0.05) is 6.92 Å². The van der Waals surface area contributed by atoms with E-state index in [-0.39, 0.29) is 6.10 Å². The van der Waals surface area contributed by atoms with E-state index in [1.807, 2.05) is 0 Å². The summed E-state index contributed by atoms with van der Waals surface area (Å²) < 4.78 is 5.58. The Morgan fingerprint density at radius 2 is 2.28 bits per heavy atom. The van der Waals surface area contributed by atoms with E-state index in [1.165, 1.54) is 5.56 Å². The molecule has 2 heterocycles. The van der Waals surface area contributed by atoms with Crippen molar-refractivity contribution in [2.75, 3.05) is 36.5 Å². The van der Waals surface area contributed by atoms with Crippen LogP contribution >= 0.6 is 0 Å². The molecule has 100 valence electrons. The minimum absolute atomic E-state index is 0.265. The summed E-state index contributed by atoms with van der Waals surface area (Å²) in [6.45, 7) is 9.78. The number of hydrogen-bond donors (Lipinski definition) is 1. The van der Waals surface area contributed by atoms with E-state index in [0.717, 1.165) is 44.3 Å². The van der Waals surface area contributed by atoms with Gasteiger partial charge in [0.15, 0.2) is 0 Å². The Morgan fingerprint density at radius 3 is 2.94 bits per heavy atom. The minimum atomic E-state index is 0.265. The van der Waals surface area contributed by atoms with E-state index in [2.05, 4.69) is 41.0 Å². The van der Waals surface area contributed by atoms with E-state index in [4.69, 9.17) is 4.74 Å². The van der Waals surface area contributed by atoms with Gasteiger partial charge in [-0.2, -0.15) is 0 Å². The molecule has 1 N–H and O–H groups in total. The first-order valence-electron chi connectivity index (χ1n) is 6.70. The summed E-state index contributed by atoms with van der Waals surface area (Å²) in [5.74, 6) is 2.02. The predicted octanol–water partition coefficient (Wildman–Crippen LogP) is 1.70. The van der Waals surface area contributed by atoms with Gasteiger partial charge in [-0.05, 0) is 20.3 Å². The highest BCUT2D eigenvalue weighted by Gasteiger charge is 2.21. The molecule has 1 aromatic heterocycles. The van der Waals surface area contributed by atoms with E-state index >= 15 is 0 Å². The fraction of sp³-hybridized carbons (Fsp3) is 0.692. The van der Waals surface area contributed by atoms with Crippen molar-refractivity contribution >= 4 is 11.6 Å². The number of aromatic nitrogens is 2. The van der Waals surface area contributed by atoms with Crippen molar-refractivity contribution in [1.82, 2.24) is 9.97 Å². The molecule has 0 aromatic carbocycles. The van der Waals surface area contributed by atoms with Crippen molar-refractivity contribution in [2.24, 2.45) is 0 Å². The molecule has 0 aliphatic carbocycles. The van der Waals surface area contributed by atoms with Crippen LogP contribution in [0.25, 0.3) is 0 Å². The summed E-state index contributed by atoms with van der Waals surface area (Å²) in [6.07, 6.45) is 2.85. The first kappa shape index (κ1) is 13.1. The Hall–Kier alpha value is -1.36. The molecule has 1 aromatic rings. The van der Waals surface area contributed by atoms with Crippen molar-refractivity contribution in [3.05, 3.63) is 11.9 Å². The second kappa shape index (κ2) is 6.00. The smallest absolute Gasteiger partial charge is 0.137 e. The first-order chi connectivity index (χ1) is 8.76. The van der Waals surface area contributed by atoms with E-state index in [0.29, 0.717) is 0 Å². The third-order valence-corrected chi connectivity index (χ3v) is 3.16. The van der Waals surface area contributed by atoms with Crippen LogP contribution in [0.4, 0.5) is 11.6 Å². The van der Waals surface area contributed by atoms with Crippen LogP contribution in [0, 0.1) is 0 Å². The number of nitrogens with zero attached hydrogens (tertiary/aromatic N) is 3. The third kappa shape index (κ3) is 2.72. The highest BCUT2D eigenvalue weighted by molar-refractivity contribution is 5.59. The SMILES string of the molecule is CCNc1ncnc(N2CCOC(C)C2)c1CC. The van der Waals surface area contributed by atoms with Gasteiger partial charge in [-0.15, -0.1) is 0 Å². The Balaban J connectivity index is 2.28. The lowest BCUT2D eigenvalue weighted by Crippen LogP contribution is -2.42. The van der Waals surface area contributed by atoms with Crippen molar-refractivity contribution in [3.8, 4) is 0 Å². The highest BCUT2D eigenvalue weighted by atomic mass is 16.5. The fourth-order valence-corrected chi connectivity index (χ4v) is 2.33. The summed E-state index contributed by atoms with van der Waals surface area (Å²) in [5, 5.41) is 3.31. The molecule has 1 saturated heterocycles. The topological polar surface area (TPSA) is 50.3 Å². The monoisotopic (exact) mass is 250 g/mol. The summed E-state index contributed by atoms with van der Waals surface area (Å²) >= 11 is 0. The molecule has 18 heavy (non-hydrogen) atoms. The van der Waals surface area contributed by atoms with Crippen LogP contribution in [-0.2, 0) is 11.2 Å². The van der Waals surface area contributed by atoms with Gasteiger partial charge in [-0.3, -0.25) is 0 Å². The molecular weight excluding hydrogens is 228 g/mol. The van der Waals surface area contributed by atoms with Crippen LogP contribution in [0.1, 0.15) is 26.3 Å². The second-order valence-corrected chi connectivity index (χ2v) is 4.54. The zero-order chi connectivity index (χ0) is 13.0. The number of rotatable bonds is 4. The lowest BCUT2D eigenvalue weighted by molar-refractivity contribution is 0.0529. The Kier molecular flexibility index (Phi) is 4.36. The molecule has 1 atom stereocenters. The summed E-state index contributed by atoms with van der Waals surface area (Å²) in [7, 11) is 0. The molecule has 0 saturated carbocycles. The summed E-state index contributed by atoms with van der Waals surface area (Å²) in [5.41, 5.74) is 1.20. The van der Waals surface area contributed by atoms with Gasteiger partial charge in [0, 0.05) is 25.2 Å². The quantitative estimate of drug-likeness (QED) is 0.881. The van der Waals surface area contributed by atoms with Crippen molar-refractivity contribution in [2.45, 2.75) is 33.3 Å². The van der Waals surface area contributed by atoms with Gasteiger partial charge in [0.25, 0.3) is 0 Å². The highest BCUT2D eigenvalue weighted by Crippen LogP contribution is 2.25. The first-order valence-corrected chi connectivity index (χ1v) is 6.70. The Labute approximate surface area is 109 Å². The molecule has 5 heteroatoms. The molecule has 2 rings (SSSR count). The van der Waals surface area contributed by atoms with E-state index < -0.39 is 0 Å². The number of nitrogens with one attached hydrogen (secondary N) is 1. The van der Waals surface area contributed by atoms with Gasteiger partial charge in [0.1, 0.15) is 18.0 Å². The van der Waals surface area contributed by atoms with Crippen LogP contribution in [-0.4, -0.2) is 42.3 Å². The maximum Gasteiger partial charge on any atom is 0.137 e. The van der Waals surface area contributed by atoms with Crippen molar-refractivity contribution in [1.29, 1.82) is 0 Å². The Morgan fingerprint density at radius 1 is 1.44 bits per heavy atom. The molecule has 0 bridgehead atoms. The third-order valence-electron chi connectivity index (χ3n) is 3.16. The fourth-order valence-electron chi connectivity index (χ4n) is 2.33. The zero-order valence-electron chi connectivity index (χ0n) is 11.4. The molecule has 0 amide bonds. The maximum absolute atomic E-state index is 5.58. The summed E-state index contributed by atoms with van der Waals surface area (Å²) in [4.78, 5) is 11.1. The van der Waals surface area contributed by atoms with Gasteiger partial charge >= 0.3 is 0 Å². The van der Waals surface area contributed by atoms with Crippen LogP contribution in [0.3, 0.4) is 0 Å². The van der Waals surface area contributed by atoms with Crippen LogP contribution in [0.5, 0.6) is 0 Å². The number of anilines is 2. The van der Waals surface area contributed by atoms with Crippen molar-refractivity contribution < 1.29 is 4.74 Å².